The van der Waals surface area contributed by atoms with Gasteiger partial charge in [-0.1, -0.05) is 0 Å². The molecule has 0 aromatic heterocycles. The Morgan fingerprint density at radius 3 is 1.62 bits per heavy atom. The molecule has 0 saturated carbocycles. The average molecular weight is 528 g/mol. The fourth-order valence-electron chi connectivity index (χ4n) is 3.71. The molecule has 0 aliphatic carbocycles. The van der Waals surface area contributed by atoms with E-state index in [1.165, 1.54) is 6.21 Å². The number of carbonyl (C=O) groups excluding carboxylic acids is 1. The molecule has 32 heavy (non-hydrogen) atoms. The van der Waals surface area contributed by atoms with Crippen LogP contribution in [-0.2, 0) is 7.87 Å². The van der Waals surface area contributed by atoms with Crippen molar-refractivity contribution < 1.29 is 13.0 Å². The molecule has 0 spiro atoms. The van der Waals surface area contributed by atoms with E-state index in [0.717, 1.165) is 10.7 Å². The van der Waals surface area contributed by atoms with Gasteiger partial charge in [0.1, 0.15) is 0 Å². The fourth-order valence-corrected chi connectivity index (χ4v) is 14.4. The number of para-hydroxylation sites is 1. The number of phenols is 1. The first-order valence-electron chi connectivity index (χ1n) is 10.4. The first kappa shape index (κ1) is 21.8. The molecule has 0 saturated heterocycles. The number of phenolic OH excluding ortho intramolecular Hbond substituents is 1. The van der Waals surface area contributed by atoms with Gasteiger partial charge < -0.3 is 0 Å². The first-order chi connectivity index (χ1) is 15.7. The summed E-state index contributed by atoms with van der Waals surface area (Å²) in [4.78, 5) is 17.3. The molecule has 4 nitrogen and oxygen atoms in total. The van der Waals surface area contributed by atoms with Gasteiger partial charge in [0.15, 0.2) is 0 Å². The summed E-state index contributed by atoms with van der Waals surface area (Å²) in [6.07, 6.45) is 1.50. The molecule has 0 unspecified atom stereocenters. The standard InChI is InChI=1S/C9H9NO3.3C6H5.Sn/c11-8-4-2-1-3-7(8)5-10-6-9(12)13;3*1-2-4-6-5-3-1;/h1-5,11H,6H2,(H,12,13);3*1-5H;/q;;;;+1/p-1. The maximum atomic E-state index is 13.1. The third kappa shape index (κ3) is 4.75. The second-order valence-electron chi connectivity index (χ2n) is 7.28. The van der Waals surface area contributed by atoms with Crippen LogP contribution in [0.25, 0.3) is 0 Å². The molecule has 0 atom stereocenters. The van der Waals surface area contributed by atoms with Gasteiger partial charge in [0, 0.05) is 0 Å². The molecule has 0 amide bonds. The molecule has 0 aliphatic heterocycles. The Morgan fingerprint density at radius 2 is 1.16 bits per heavy atom. The second kappa shape index (κ2) is 10.3. The summed E-state index contributed by atoms with van der Waals surface area (Å²) in [5.74, 6) is -0.264. The van der Waals surface area contributed by atoms with Crippen LogP contribution in [0.15, 0.2) is 120 Å². The van der Waals surface area contributed by atoms with E-state index in [1.807, 2.05) is 54.6 Å². The number of nitrogens with zero attached hydrogens (tertiary/aromatic N) is 1. The van der Waals surface area contributed by atoms with Gasteiger partial charge in [-0.3, -0.25) is 0 Å². The Hall–Kier alpha value is -3.38. The van der Waals surface area contributed by atoms with Gasteiger partial charge in [-0.25, -0.2) is 0 Å². The monoisotopic (exact) mass is 529 g/mol. The summed E-state index contributed by atoms with van der Waals surface area (Å²) in [6.45, 7) is -0.125. The van der Waals surface area contributed by atoms with Crippen molar-refractivity contribution in [3.05, 3.63) is 121 Å². The predicted molar refractivity (Wildman–Crippen MR) is 131 cm³/mol. The Balaban J connectivity index is 1.73. The zero-order valence-corrected chi connectivity index (χ0v) is 20.3. The van der Waals surface area contributed by atoms with Crippen molar-refractivity contribution in [3.8, 4) is 5.75 Å². The Morgan fingerprint density at radius 1 is 0.719 bits per heavy atom. The van der Waals surface area contributed by atoms with Crippen molar-refractivity contribution in [2.24, 2.45) is 4.99 Å². The zero-order chi connectivity index (χ0) is 22.2. The normalized spacial score (nSPS) is 11.4. The van der Waals surface area contributed by atoms with Crippen LogP contribution in [0.2, 0.25) is 0 Å². The van der Waals surface area contributed by atoms with Gasteiger partial charge in [0.2, 0.25) is 0 Å². The van der Waals surface area contributed by atoms with E-state index >= 15 is 0 Å². The van der Waals surface area contributed by atoms with Crippen LogP contribution in [-0.4, -0.2) is 42.6 Å². The van der Waals surface area contributed by atoms with Crippen molar-refractivity contribution in [2.75, 3.05) is 6.54 Å². The summed E-state index contributed by atoms with van der Waals surface area (Å²) >= 11 is -4.11. The predicted octanol–water partition coefficient (Wildman–Crippen LogP) is 3.02. The summed E-state index contributed by atoms with van der Waals surface area (Å²) < 4.78 is 9.62. The Kier molecular flexibility index (Phi) is 7.02. The van der Waals surface area contributed by atoms with Crippen LogP contribution in [0.3, 0.4) is 0 Å². The molecule has 0 aliphatic rings. The minimum atomic E-state index is -4.11. The van der Waals surface area contributed by atoms with Crippen LogP contribution < -0.4 is 10.7 Å². The van der Waals surface area contributed by atoms with Gasteiger partial charge in [-0.2, -0.15) is 0 Å². The molecule has 158 valence electrons. The molecule has 0 heterocycles. The molecular weight excluding hydrogens is 505 g/mol. The number of hydrogen-bond acceptors (Lipinski definition) is 4. The number of aliphatic imine (C=N–C) groups is 1. The van der Waals surface area contributed by atoms with Crippen molar-refractivity contribution in [1.82, 2.24) is 0 Å². The molecule has 0 radical (unpaired) electrons. The van der Waals surface area contributed by atoms with Crippen LogP contribution in [0, 0.1) is 0 Å². The van der Waals surface area contributed by atoms with Crippen molar-refractivity contribution in [3.63, 3.8) is 0 Å². The quantitative estimate of drug-likeness (QED) is 0.297. The first-order valence-corrected chi connectivity index (χ1v) is 15.8. The third-order valence-corrected chi connectivity index (χ3v) is 16.5. The van der Waals surface area contributed by atoms with Gasteiger partial charge in [0.05, 0.1) is 0 Å². The second-order valence-corrected chi connectivity index (χ2v) is 16.7. The van der Waals surface area contributed by atoms with E-state index in [9.17, 15) is 9.90 Å². The minimum absolute atomic E-state index is 0.121. The molecule has 1 N–H and O–H groups in total. The van der Waals surface area contributed by atoms with E-state index < -0.39 is 18.8 Å². The molecular formula is C27H23NO3Sn. The van der Waals surface area contributed by atoms with Gasteiger partial charge >= 0.3 is 193 Å². The number of aromatic hydroxyl groups is 1. The molecule has 0 fully saturated rings. The average Bonchev–Trinajstić information content (AvgIpc) is 2.85. The third-order valence-electron chi connectivity index (χ3n) is 5.20. The summed E-state index contributed by atoms with van der Waals surface area (Å²) in [7, 11) is 0. The van der Waals surface area contributed by atoms with Crippen LogP contribution >= 0.6 is 0 Å². The van der Waals surface area contributed by atoms with Crippen molar-refractivity contribution in [1.29, 1.82) is 0 Å². The zero-order valence-electron chi connectivity index (χ0n) is 17.5. The molecule has 4 rings (SSSR count). The van der Waals surface area contributed by atoms with Gasteiger partial charge in [-0.15, -0.1) is 0 Å². The summed E-state index contributed by atoms with van der Waals surface area (Å²) in [6, 6.07) is 37.0. The SMILES string of the molecule is O=C(CN=Cc1ccccc1O)[O][Sn]([c]1ccccc1)([c]1ccccc1)[c]1ccccc1. The molecule has 0 bridgehead atoms. The van der Waals surface area contributed by atoms with E-state index in [0.29, 0.717) is 5.56 Å². The van der Waals surface area contributed by atoms with Gasteiger partial charge in [-0.05, 0) is 0 Å². The molecule has 5 heteroatoms. The van der Waals surface area contributed by atoms with Gasteiger partial charge in [0.25, 0.3) is 0 Å². The van der Waals surface area contributed by atoms with Crippen molar-refractivity contribution in [2.45, 2.75) is 0 Å². The number of hydrogen-bond donors (Lipinski definition) is 1. The van der Waals surface area contributed by atoms with Crippen LogP contribution in [0.5, 0.6) is 5.75 Å². The molecule has 4 aromatic carbocycles. The maximum absolute atomic E-state index is 13.1. The Labute approximate surface area is 192 Å². The van der Waals surface area contributed by atoms with E-state index in [4.69, 9.17) is 3.07 Å². The number of carbonyl (C=O) groups is 1. The van der Waals surface area contributed by atoms with Crippen LogP contribution in [0.1, 0.15) is 5.56 Å². The van der Waals surface area contributed by atoms with E-state index in [2.05, 4.69) is 41.4 Å². The van der Waals surface area contributed by atoms with E-state index in [-0.39, 0.29) is 18.3 Å². The van der Waals surface area contributed by atoms with Crippen molar-refractivity contribution >= 4 is 41.7 Å². The molecule has 4 aromatic rings. The van der Waals surface area contributed by atoms with Crippen LogP contribution in [0.4, 0.5) is 0 Å². The fraction of sp³-hybridized carbons (Fsp3) is 0.0370. The number of rotatable bonds is 7. The van der Waals surface area contributed by atoms with E-state index in [1.54, 1.807) is 24.3 Å². The Bertz CT molecular complexity index is 1100. The summed E-state index contributed by atoms with van der Waals surface area (Å²) in [5, 5.41) is 9.91. The summed E-state index contributed by atoms with van der Waals surface area (Å²) in [5.41, 5.74) is 0.559. The number of benzene rings is 4. The topological polar surface area (TPSA) is 58.9 Å².